The second-order valence-corrected chi connectivity index (χ2v) is 9.31. The monoisotopic (exact) mass is 450 g/mol. The molecular weight excluding hydrogens is 424 g/mol. The van der Waals surface area contributed by atoms with Gasteiger partial charge < -0.3 is 15.0 Å². The largest absolute Gasteiger partial charge is 0.445 e. The molecule has 31 heavy (non-hydrogen) atoms. The van der Waals surface area contributed by atoms with Crippen molar-refractivity contribution >= 4 is 34.6 Å². The number of nitrogens with zero attached hydrogens (tertiary/aromatic N) is 3. The van der Waals surface area contributed by atoms with Crippen molar-refractivity contribution < 1.29 is 24.0 Å². The first-order valence-electron chi connectivity index (χ1n) is 10.1. The van der Waals surface area contributed by atoms with Crippen LogP contribution in [0.25, 0.3) is 0 Å². The SMILES string of the molecule is CC(=O)S[C@H]1C[C@H](C(=O)N2CC[C@H](NC(=O)OCc3ccc([N+](=O)[O-])cc3)C2)N(C)C1. The van der Waals surface area contributed by atoms with E-state index in [2.05, 4.69) is 5.32 Å². The van der Waals surface area contributed by atoms with Crippen molar-refractivity contribution in [2.45, 2.75) is 43.7 Å². The Bertz CT molecular complexity index is 849. The van der Waals surface area contributed by atoms with Crippen molar-refractivity contribution in [3.8, 4) is 0 Å². The maximum Gasteiger partial charge on any atom is 0.407 e. The van der Waals surface area contributed by atoms with E-state index in [-0.39, 0.29) is 40.7 Å². The van der Waals surface area contributed by atoms with Crippen molar-refractivity contribution in [2.75, 3.05) is 26.7 Å². The van der Waals surface area contributed by atoms with Crippen LogP contribution in [0.4, 0.5) is 10.5 Å². The lowest BCUT2D eigenvalue weighted by atomic mass is 10.2. The van der Waals surface area contributed by atoms with E-state index in [1.165, 1.54) is 43.0 Å². The number of hydrogen-bond acceptors (Lipinski definition) is 8. The van der Waals surface area contributed by atoms with Crippen molar-refractivity contribution in [2.24, 2.45) is 0 Å². The van der Waals surface area contributed by atoms with E-state index >= 15 is 0 Å². The molecule has 0 aromatic heterocycles. The number of hydrogen-bond donors (Lipinski definition) is 1. The molecule has 10 nitrogen and oxygen atoms in total. The average Bonchev–Trinajstić information content (AvgIpc) is 3.32. The van der Waals surface area contributed by atoms with E-state index in [1.807, 2.05) is 11.9 Å². The van der Waals surface area contributed by atoms with E-state index in [9.17, 15) is 24.5 Å². The molecule has 3 atom stereocenters. The standard InChI is InChI=1S/C20H26N4O6S/c1-13(25)31-17-9-18(22(2)11-17)19(26)23-8-7-15(10-23)21-20(27)30-12-14-3-5-16(6-4-14)24(28)29/h3-6,15,17-18H,7-12H2,1-2H3,(H,21,27)/t15-,17-,18+/m0/s1. The molecule has 2 amide bonds. The Morgan fingerprint density at radius 1 is 1.26 bits per heavy atom. The maximum atomic E-state index is 12.9. The van der Waals surface area contributed by atoms with Crippen LogP contribution in [0.2, 0.25) is 0 Å². The van der Waals surface area contributed by atoms with Gasteiger partial charge in [0.05, 0.1) is 17.0 Å². The first-order valence-corrected chi connectivity index (χ1v) is 10.9. The number of rotatable bonds is 6. The quantitative estimate of drug-likeness (QED) is 0.514. The van der Waals surface area contributed by atoms with Crippen LogP contribution in [0, 0.1) is 10.1 Å². The van der Waals surface area contributed by atoms with Gasteiger partial charge >= 0.3 is 6.09 Å². The number of benzene rings is 1. The van der Waals surface area contributed by atoms with E-state index in [1.54, 1.807) is 4.90 Å². The molecule has 1 N–H and O–H groups in total. The van der Waals surface area contributed by atoms with Crippen LogP contribution in [0.1, 0.15) is 25.3 Å². The van der Waals surface area contributed by atoms with E-state index in [0.717, 1.165) is 0 Å². The molecule has 11 heteroatoms. The van der Waals surface area contributed by atoms with E-state index in [4.69, 9.17) is 4.74 Å². The Morgan fingerprint density at radius 2 is 1.97 bits per heavy atom. The molecule has 1 aromatic carbocycles. The molecule has 0 aliphatic carbocycles. The van der Waals surface area contributed by atoms with E-state index in [0.29, 0.717) is 38.0 Å². The number of non-ortho nitro benzene ring substituents is 1. The summed E-state index contributed by atoms with van der Waals surface area (Å²) in [6, 6.07) is 5.36. The van der Waals surface area contributed by atoms with E-state index < -0.39 is 11.0 Å². The van der Waals surface area contributed by atoms with Crippen molar-refractivity contribution in [3.05, 3.63) is 39.9 Å². The summed E-state index contributed by atoms with van der Waals surface area (Å²) >= 11 is 1.29. The number of ether oxygens (including phenoxy) is 1. The Hall–Kier alpha value is -2.66. The lowest BCUT2D eigenvalue weighted by Crippen LogP contribution is -2.45. The molecule has 0 unspecified atom stereocenters. The smallest absolute Gasteiger partial charge is 0.407 e. The highest BCUT2D eigenvalue weighted by Gasteiger charge is 2.39. The van der Waals surface area contributed by atoms with Crippen LogP contribution < -0.4 is 5.32 Å². The topological polar surface area (TPSA) is 122 Å². The number of amides is 2. The highest BCUT2D eigenvalue weighted by atomic mass is 32.2. The first-order chi connectivity index (χ1) is 14.7. The molecule has 2 saturated heterocycles. The van der Waals surface area contributed by atoms with Crippen molar-refractivity contribution in [1.29, 1.82) is 0 Å². The number of likely N-dealkylation sites (tertiary alicyclic amines) is 2. The molecule has 2 aliphatic rings. The minimum Gasteiger partial charge on any atom is -0.445 e. The summed E-state index contributed by atoms with van der Waals surface area (Å²) in [4.78, 5) is 50.3. The predicted molar refractivity (Wildman–Crippen MR) is 114 cm³/mol. The molecule has 2 aliphatic heterocycles. The first kappa shape index (κ1) is 23.0. The third-order valence-electron chi connectivity index (χ3n) is 5.47. The molecule has 0 saturated carbocycles. The highest BCUT2D eigenvalue weighted by molar-refractivity contribution is 8.14. The summed E-state index contributed by atoms with van der Waals surface area (Å²) in [5.74, 6) is 0.0256. The number of nitro benzene ring substituents is 1. The normalized spacial score (nSPS) is 23.5. The Labute approximate surface area is 184 Å². The summed E-state index contributed by atoms with van der Waals surface area (Å²) in [7, 11) is 1.89. The third-order valence-corrected chi connectivity index (χ3v) is 6.47. The van der Waals surface area contributed by atoms with Crippen LogP contribution in [-0.2, 0) is 20.9 Å². The van der Waals surface area contributed by atoms with Gasteiger partial charge in [-0.25, -0.2) is 4.79 Å². The summed E-state index contributed by atoms with van der Waals surface area (Å²) in [6.45, 7) is 3.21. The number of nitro groups is 1. The molecule has 3 rings (SSSR count). The average molecular weight is 451 g/mol. The lowest BCUT2D eigenvalue weighted by Gasteiger charge is -2.25. The minimum atomic E-state index is -0.589. The molecule has 2 fully saturated rings. The van der Waals surface area contributed by atoms with Crippen LogP contribution in [0.15, 0.2) is 24.3 Å². The maximum absolute atomic E-state index is 12.9. The van der Waals surface area contributed by atoms with Crippen molar-refractivity contribution in [1.82, 2.24) is 15.1 Å². The second-order valence-electron chi connectivity index (χ2n) is 7.84. The molecule has 2 heterocycles. The number of carbonyl (C=O) groups is 3. The van der Waals surface area contributed by atoms with Crippen molar-refractivity contribution in [3.63, 3.8) is 0 Å². The summed E-state index contributed by atoms with van der Waals surface area (Å²) in [5, 5.41) is 13.6. The predicted octanol–water partition coefficient (Wildman–Crippen LogP) is 1.77. The number of carbonyl (C=O) groups excluding carboxylic acids is 3. The minimum absolute atomic E-state index is 0.00126. The fraction of sp³-hybridized carbons (Fsp3) is 0.550. The molecule has 168 valence electrons. The highest BCUT2D eigenvalue weighted by Crippen LogP contribution is 2.28. The van der Waals surface area contributed by atoms with Gasteiger partial charge in [-0.3, -0.25) is 24.6 Å². The van der Waals surface area contributed by atoms with Gasteiger partial charge in [-0.05, 0) is 37.6 Å². The van der Waals surface area contributed by atoms with Gasteiger partial charge in [0.25, 0.3) is 5.69 Å². The van der Waals surface area contributed by atoms with Crippen LogP contribution in [0.3, 0.4) is 0 Å². The summed E-state index contributed by atoms with van der Waals surface area (Å²) < 4.78 is 5.19. The van der Waals surface area contributed by atoms with Gasteiger partial charge in [-0.2, -0.15) is 0 Å². The lowest BCUT2D eigenvalue weighted by molar-refractivity contribution is -0.384. The number of alkyl carbamates (subject to hydrolysis) is 1. The number of likely N-dealkylation sites (N-methyl/N-ethyl adjacent to an activating group) is 1. The van der Waals surface area contributed by atoms with Gasteiger partial charge in [0.2, 0.25) is 5.91 Å². The second kappa shape index (κ2) is 10.1. The number of nitrogens with one attached hydrogen (secondary N) is 1. The molecule has 0 spiro atoms. The zero-order chi connectivity index (χ0) is 22.5. The Balaban J connectivity index is 1.43. The molecule has 1 aromatic rings. The molecular formula is C20H26N4O6S. The third kappa shape index (κ3) is 6.17. The molecule has 0 bridgehead atoms. The molecule has 0 radical (unpaired) electrons. The number of thioether (sulfide) groups is 1. The van der Waals surface area contributed by atoms with Gasteiger partial charge in [0.1, 0.15) is 6.61 Å². The van der Waals surface area contributed by atoms with Gasteiger partial charge in [0, 0.05) is 43.9 Å². The summed E-state index contributed by atoms with van der Waals surface area (Å²) in [5.41, 5.74) is 0.620. The Morgan fingerprint density at radius 3 is 2.61 bits per heavy atom. The van der Waals surface area contributed by atoms with Crippen LogP contribution in [-0.4, -0.2) is 75.9 Å². The summed E-state index contributed by atoms with van der Waals surface area (Å²) in [6.07, 6.45) is 0.694. The van der Waals surface area contributed by atoms with Gasteiger partial charge in [-0.15, -0.1) is 0 Å². The van der Waals surface area contributed by atoms with Gasteiger partial charge in [-0.1, -0.05) is 11.8 Å². The fourth-order valence-corrected chi connectivity index (χ4v) is 4.98. The van der Waals surface area contributed by atoms with Crippen LogP contribution >= 0.6 is 11.8 Å². The van der Waals surface area contributed by atoms with Gasteiger partial charge in [0.15, 0.2) is 5.12 Å². The fourth-order valence-electron chi connectivity index (χ4n) is 3.92. The Kier molecular flexibility index (Phi) is 7.50. The zero-order valence-electron chi connectivity index (χ0n) is 17.5. The van der Waals surface area contributed by atoms with Crippen LogP contribution in [0.5, 0.6) is 0 Å². The zero-order valence-corrected chi connectivity index (χ0v) is 18.3.